The van der Waals surface area contributed by atoms with Gasteiger partial charge in [0.05, 0.1) is 12.0 Å². The van der Waals surface area contributed by atoms with Crippen molar-refractivity contribution in [3.05, 3.63) is 58.6 Å². The van der Waals surface area contributed by atoms with Crippen LogP contribution < -0.4 is 5.43 Å². The van der Waals surface area contributed by atoms with Gasteiger partial charge in [-0.3, -0.25) is 4.79 Å². The molecule has 0 radical (unpaired) electrons. The van der Waals surface area contributed by atoms with Crippen LogP contribution in [0.25, 0.3) is 11.4 Å². The van der Waals surface area contributed by atoms with Crippen LogP contribution in [-0.4, -0.2) is 37.7 Å². The molecule has 3 aromatic rings. The highest BCUT2D eigenvalue weighted by atomic mass is 79.9. The van der Waals surface area contributed by atoms with Crippen LogP contribution in [0.2, 0.25) is 0 Å². The van der Waals surface area contributed by atoms with Crippen LogP contribution in [0.5, 0.6) is 5.75 Å². The van der Waals surface area contributed by atoms with Gasteiger partial charge >= 0.3 is 0 Å². The molecule has 28 heavy (non-hydrogen) atoms. The minimum Gasteiger partial charge on any atom is -0.507 e. The molecule has 0 saturated heterocycles. The number of amides is 1. The Bertz CT molecular complexity index is 991. The largest absolute Gasteiger partial charge is 0.507 e. The minimum atomic E-state index is -0.275. The smallest absolute Gasteiger partial charge is 0.250 e. The maximum Gasteiger partial charge on any atom is 0.250 e. The number of thioether (sulfide) groups is 1. The molecule has 0 bridgehead atoms. The first-order chi connectivity index (χ1) is 13.6. The van der Waals surface area contributed by atoms with Gasteiger partial charge in [0.15, 0.2) is 11.0 Å². The van der Waals surface area contributed by atoms with Gasteiger partial charge in [-0.25, -0.2) is 5.43 Å². The van der Waals surface area contributed by atoms with Crippen molar-refractivity contribution in [3.63, 3.8) is 0 Å². The van der Waals surface area contributed by atoms with E-state index < -0.39 is 0 Å². The quantitative estimate of drug-likeness (QED) is 0.319. The first-order valence-electron chi connectivity index (χ1n) is 8.50. The van der Waals surface area contributed by atoms with Crippen LogP contribution in [0.15, 0.2) is 63.3 Å². The van der Waals surface area contributed by atoms with Gasteiger partial charge in [0.1, 0.15) is 5.75 Å². The Kier molecular flexibility index (Phi) is 6.83. The van der Waals surface area contributed by atoms with Gasteiger partial charge in [-0.1, -0.05) is 58.0 Å². The Morgan fingerprint density at radius 3 is 2.82 bits per heavy atom. The molecule has 0 aliphatic carbocycles. The predicted octanol–water partition coefficient (Wildman–Crippen LogP) is 3.68. The standard InChI is InChI=1S/C19H18BrN5O2S/c1-2-25-18(13-6-4-3-5-7-13)23-24-19(25)28-12-17(27)22-21-11-14-10-15(20)8-9-16(14)26/h3-11,26H,2,12H2,1H3,(H,22,27)/b21-11-. The first kappa shape index (κ1) is 20.1. The monoisotopic (exact) mass is 459 g/mol. The number of rotatable bonds is 7. The lowest BCUT2D eigenvalue weighted by Gasteiger charge is -2.06. The Morgan fingerprint density at radius 2 is 2.07 bits per heavy atom. The lowest BCUT2D eigenvalue weighted by Crippen LogP contribution is -2.20. The summed E-state index contributed by atoms with van der Waals surface area (Å²) < 4.78 is 2.78. The van der Waals surface area contributed by atoms with Crippen molar-refractivity contribution in [3.8, 4) is 17.1 Å². The Hall–Kier alpha value is -2.65. The average Bonchev–Trinajstić information content (AvgIpc) is 3.12. The van der Waals surface area contributed by atoms with E-state index in [1.165, 1.54) is 18.0 Å². The number of aromatic nitrogens is 3. The fourth-order valence-electron chi connectivity index (χ4n) is 2.45. The van der Waals surface area contributed by atoms with Crippen LogP contribution in [0.1, 0.15) is 12.5 Å². The second-order valence-electron chi connectivity index (χ2n) is 5.70. The second-order valence-corrected chi connectivity index (χ2v) is 7.56. The van der Waals surface area contributed by atoms with E-state index in [1.807, 2.05) is 41.8 Å². The van der Waals surface area contributed by atoms with E-state index in [-0.39, 0.29) is 17.4 Å². The zero-order valence-electron chi connectivity index (χ0n) is 15.0. The highest BCUT2D eigenvalue weighted by Crippen LogP contribution is 2.23. The molecule has 0 spiro atoms. The molecular formula is C19H18BrN5O2S. The molecule has 0 aliphatic heterocycles. The summed E-state index contributed by atoms with van der Waals surface area (Å²) in [5.41, 5.74) is 3.93. The highest BCUT2D eigenvalue weighted by molar-refractivity contribution is 9.10. The van der Waals surface area contributed by atoms with E-state index >= 15 is 0 Å². The fourth-order valence-corrected chi connectivity index (χ4v) is 3.62. The molecule has 3 rings (SSSR count). The number of halogens is 1. The van der Waals surface area contributed by atoms with Crippen LogP contribution in [0.3, 0.4) is 0 Å². The van der Waals surface area contributed by atoms with Crippen LogP contribution in [0.4, 0.5) is 0 Å². The number of benzene rings is 2. The van der Waals surface area contributed by atoms with Crippen LogP contribution >= 0.6 is 27.7 Å². The number of carbonyl (C=O) groups excluding carboxylic acids is 1. The zero-order chi connectivity index (χ0) is 19.9. The summed E-state index contributed by atoms with van der Waals surface area (Å²) in [4.78, 5) is 12.1. The topological polar surface area (TPSA) is 92.4 Å². The number of nitrogens with one attached hydrogen (secondary N) is 1. The summed E-state index contributed by atoms with van der Waals surface area (Å²) in [5.74, 6) is 0.728. The molecule has 0 unspecified atom stereocenters. The van der Waals surface area contributed by atoms with Gasteiger partial charge in [0, 0.05) is 22.1 Å². The molecule has 1 amide bonds. The van der Waals surface area contributed by atoms with Crippen molar-refractivity contribution in [1.82, 2.24) is 20.2 Å². The van der Waals surface area contributed by atoms with Gasteiger partial charge in [0.2, 0.25) is 0 Å². The Labute approximate surface area is 175 Å². The van der Waals surface area contributed by atoms with Crippen LogP contribution in [-0.2, 0) is 11.3 Å². The number of phenols is 1. The van der Waals surface area contributed by atoms with Gasteiger partial charge in [-0.2, -0.15) is 5.10 Å². The van der Waals surface area contributed by atoms with E-state index in [0.29, 0.717) is 17.3 Å². The van der Waals surface area contributed by atoms with Crippen molar-refractivity contribution in [2.24, 2.45) is 5.10 Å². The van der Waals surface area contributed by atoms with Crippen molar-refractivity contribution in [2.75, 3.05) is 5.75 Å². The van der Waals surface area contributed by atoms with Gasteiger partial charge in [-0.05, 0) is 25.1 Å². The third-order valence-corrected chi connectivity index (χ3v) is 5.24. The zero-order valence-corrected chi connectivity index (χ0v) is 17.4. The maximum atomic E-state index is 12.1. The van der Waals surface area contributed by atoms with E-state index in [1.54, 1.807) is 18.2 Å². The fraction of sp³-hybridized carbons (Fsp3) is 0.158. The molecule has 1 aromatic heterocycles. The number of hydrazone groups is 1. The molecule has 1 heterocycles. The highest BCUT2D eigenvalue weighted by Gasteiger charge is 2.14. The first-order valence-corrected chi connectivity index (χ1v) is 10.3. The number of nitrogens with zero attached hydrogens (tertiary/aromatic N) is 4. The molecular weight excluding hydrogens is 442 g/mol. The predicted molar refractivity (Wildman–Crippen MR) is 113 cm³/mol. The van der Waals surface area contributed by atoms with E-state index in [0.717, 1.165) is 15.9 Å². The number of hydrogen-bond acceptors (Lipinski definition) is 6. The molecule has 0 atom stereocenters. The average molecular weight is 460 g/mol. The number of carbonyl (C=O) groups is 1. The molecule has 144 valence electrons. The van der Waals surface area contributed by atoms with Gasteiger partial charge in [0.25, 0.3) is 5.91 Å². The Balaban J connectivity index is 1.60. The third-order valence-electron chi connectivity index (χ3n) is 3.78. The van der Waals surface area contributed by atoms with Crippen molar-refractivity contribution < 1.29 is 9.90 Å². The van der Waals surface area contributed by atoms with Gasteiger partial charge < -0.3 is 9.67 Å². The molecule has 2 aromatic carbocycles. The summed E-state index contributed by atoms with van der Waals surface area (Å²) in [6.45, 7) is 2.70. The third kappa shape index (κ3) is 4.99. The number of phenolic OH excluding ortho intramolecular Hbond substituents is 1. The van der Waals surface area contributed by atoms with Crippen LogP contribution in [0, 0.1) is 0 Å². The van der Waals surface area contributed by atoms with E-state index in [2.05, 4.69) is 36.7 Å². The summed E-state index contributed by atoms with van der Waals surface area (Å²) in [7, 11) is 0. The van der Waals surface area contributed by atoms with Gasteiger partial charge in [-0.15, -0.1) is 10.2 Å². The SMILES string of the molecule is CCn1c(SCC(=O)N/N=C\c2cc(Br)ccc2O)nnc1-c1ccccc1. The lowest BCUT2D eigenvalue weighted by molar-refractivity contribution is -0.118. The molecule has 0 aliphatic rings. The number of aromatic hydroxyl groups is 1. The van der Waals surface area contributed by atoms with E-state index in [4.69, 9.17) is 0 Å². The summed E-state index contributed by atoms with van der Waals surface area (Å²) in [5, 5.41) is 22.8. The summed E-state index contributed by atoms with van der Waals surface area (Å²) >= 11 is 4.62. The van der Waals surface area contributed by atoms with Crippen molar-refractivity contribution in [2.45, 2.75) is 18.6 Å². The minimum absolute atomic E-state index is 0.0834. The number of hydrogen-bond donors (Lipinski definition) is 2. The van der Waals surface area contributed by atoms with Crippen molar-refractivity contribution in [1.29, 1.82) is 0 Å². The molecule has 0 saturated carbocycles. The maximum absolute atomic E-state index is 12.1. The normalized spacial score (nSPS) is 11.1. The van der Waals surface area contributed by atoms with Crippen molar-refractivity contribution >= 4 is 39.8 Å². The molecule has 0 fully saturated rings. The second kappa shape index (κ2) is 9.52. The summed E-state index contributed by atoms with van der Waals surface area (Å²) in [6, 6.07) is 14.8. The molecule has 9 heteroatoms. The van der Waals surface area contributed by atoms with E-state index in [9.17, 15) is 9.90 Å². The molecule has 7 nitrogen and oxygen atoms in total. The Morgan fingerprint density at radius 1 is 1.29 bits per heavy atom. The lowest BCUT2D eigenvalue weighted by atomic mass is 10.2. The molecule has 2 N–H and O–H groups in total. The summed E-state index contributed by atoms with van der Waals surface area (Å²) in [6.07, 6.45) is 1.39.